The van der Waals surface area contributed by atoms with Crippen LogP contribution >= 0.6 is 0 Å². The number of H-pyrrole nitrogens is 1. The Hall–Kier alpha value is -2.78. The van der Waals surface area contributed by atoms with Gasteiger partial charge >= 0.3 is 5.97 Å². The lowest BCUT2D eigenvalue weighted by atomic mass is 10.0. The van der Waals surface area contributed by atoms with E-state index in [2.05, 4.69) is 4.98 Å². The van der Waals surface area contributed by atoms with E-state index in [1.54, 1.807) is 26.0 Å². The first-order valence-corrected chi connectivity index (χ1v) is 10.5. The largest absolute Gasteiger partial charge is 0.454 e. The first-order valence-electron chi connectivity index (χ1n) is 8.97. The molecule has 0 spiro atoms. The number of hydrogen-bond acceptors (Lipinski definition) is 6. The molecule has 0 saturated heterocycles. The van der Waals surface area contributed by atoms with Gasteiger partial charge in [0.05, 0.1) is 10.6 Å². The van der Waals surface area contributed by atoms with E-state index >= 15 is 0 Å². The van der Waals surface area contributed by atoms with E-state index in [1.807, 2.05) is 0 Å². The summed E-state index contributed by atoms with van der Waals surface area (Å²) in [5, 5.41) is 5.04. The molecule has 0 bridgehead atoms. The summed E-state index contributed by atoms with van der Waals surface area (Å²) < 4.78 is 27.7. The molecule has 9 heteroatoms. The Morgan fingerprint density at radius 2 is 1.72 bits per heavy atom. The highest BCUT2D eigenvalue weighted by molar-refractivity contribution is 7.89. The van der Waals surface area contributed by atoms with Gasteiger partial charge in [-0.1, -0.05) is 12.1 Å². The van der Waals surface area contributed by atoms with Crippen LogP contribution in [0.1, 0.15) is 57.9 Å². The molecule has 0 aliphatic carbocycles. The van der Waals surface area contributed by atoms with E-state index in [9.17, 15) is 22.8 Å². The quantitative estimate of drug-likeness (QED) is 0.496. The molecule has 1 atom stereocenters. The second-order valence-corrected chi connectivity index (χ2v) is 8.43. The fourth-order valence-electron chi connectivity index (χ4n) is 3.13. The van der Waals surface area contributed by atoms with Crippen LogP contribution in [0.4, 0.5) is 0 Å². The smallest absolute Gasteiger partial charge is 0.306 e. The Morgan fingerprint density at radius 3 is 2.21 bits per heavy atom. The van der Waals surface area contributed by atoms with Crippen LogP contribution in [-0.4, -0.2) is 37.0 Å². The Kier molecular flexibility index (Phi) is 6.76. The summed E-state index contributed by atoms with van der Waals surface area (Å²) >= 11 is 0. The number of esters is 1. The lowest BCUT2D eigenvalue weighted by molar-refractivity contribution is -0.146. The van der Waals surface area contributed by atoms with Crippen molar-refractivity contribution in [3.8, 4) is 0 Å². The average molecular weight is 420 g/mol. The van der Waals surface area contributed by atoms with Crippen molar-refractivity contribution in [3.05, 3.63) is 52.3 Å². The van der Waals surface area contributed by atoms with E-state index < -0.39 is 27.9 Å². The van der Waals surface area contributed by atoms with Crippen molar-refractivity contribution in [2.24, 2.45) is 5.14 Å². The highest BCUT2D eigenvalue weighted by Crippen LogP contribution is 2.20. The van der Waals surface area contributed by atoms with Crippen molar-refractivity contribution < 1.29 is 27.5 Å². The van der Waals surface area contributed by atoms with Crippen molar-refractivity contribution in [1.29, 1.82) is 0 Å². The van der Waals surface area contributed by atoms with E-state index in [1.165, 1.54) is 26.0 Å². The summed E-state index contributed by atoms with van der Waals surface area (Å²) in [6.07, 6.45) is -0.670. The number of aromatic amines is 1. The predicted molar refractivity (Wildman–Crippen MR) is 106 cm³/mol. The number of nitrogens with two attached hydrogens (primary N) is 1. The number of primary sulfonamides is 1. The number of aryl methyl sites for hydroxylation is 2. The Labute approximate surface area is 169 Å². The number of carbonyl (C=O) groups excluding carboxylic acids is 3. The molecule has 29 heavy (non-hydrogen) atoms. The molecular weight excluding hydrogens is 396 g/mol. The normalized spacial score (nSPS) is 12.4. The van der Waals surface area contributed by atoms with Gasteiger partial charge in [-0.3, -0.25) is 14.4 Å². The minimum absolute atomic E-state index is 0.00964. The zero-order chi connectivity index (χ0) is 21.9. The van der Waals surface area contributed by atoms with Crippen LogP contribution in [0.5, 0.6) is 0 Å². The lowest BCUT2D eigenvalue weighted by Gasteiger charge is -2.12. The molecule has 8 nitrogen and oxygen atoms in total. The molecule has 0 radical (unpaired) electrons. The second kappa shape index (κ2) is 8.71. The number of nitrogens with one attached hydrogen (secondary N) is 1. The highest BCUT2D eigenvalue weighted by atomic mass is 32.2. The van der Waals surface area contributed by atoms with Gasteiger partial charge in [-0.05, 0) is 57.4 Å². The molecule has 1 aromatic carbocycles. The van der Waals surface area contributed by atoms with Crippen LogP contribution in [0.15, 0.2) is 29.2 Å². The zero-order valence-electron chi connectivity index (χ0n) is 16.7. The third kappa shape index (κ3) is 5.39. The molecule has 2 rings (SSSR count). The van der Waals surface area contributed by atoms with Gasteiger partial charge in [0.25, 0.3) is 0 Å². The minimum Gasteiger partial charge on any atom is -0.454 e. The summed E-state index contributed by atoms with van der Waals surface area (Å²) in [4.78, 5) is 39.3. The summed E-state index contributed by atoms with van der Waals surface area (Å²) in [6.45, 7) is 6.28. The summed E-state index contributed by atoms with van der Waals surface area (Å²) in [5.41, 5.74) is 2.59. The van der Waals surface area contributed by atoms with Crippen LogP contribution in [0.3, 0.4) is 0 Å². The van der Waals surface area contributed by atoms with Crippen molar-refractivity contribution in [1.82, 2.24) is 4.98 Å². The first kappa shape index (κ1) is 22.5. The van der Waals surface area contributed by atoms with E-state index in [0.29, 0.717) is 23.2 Å². The van der Waals surface area contributed by atoms with Crippen LogP contribution < -0.4 is 5.14 Å². The van der Waals surface area contributed by atoms with Gasteiger partial charge in [-0.2, -0.15) is 0 Å². The third-order valence-electron chi connectivity index (χ3n) is 4.58. The fourth-order valence-corrected chi connectivity index (χ4v) is 3.65. The molecule has 0 aliphatic rings. The van der Waals surface area contributed by atoms with Crippen molar-refractivity contribution >= 4 is 27.6 Å². The van der Waals surface area contributed by atoms with Gasteiger partial charge in [-0.25, -0.2) is 13.6 Å². The van der Waals surface area contributed by atoms with Gasteiger partial charge in [0.1, 0.15) is 0 Å². The number of ketones is 2. The van der Waals surface area contributed by atoms with E-state index in [0.717, 1.165) is 5.56 Å². The molecule has 0 amide bonds. The number of benzene rings is 1. The van der Waals surface area contributed by atoms with Gasteiger partial charge in [0.15, 0.2) is 11.9 Å². The number of Topliss-reactive ketones (excluding diaryl/α,β-unsaturated/α-hetero) is 2. The predicted octanol–water partition coefficient (Wildman–Crippen LogP) is 2.23. The highest BCUT2D eigenvalue weighted by Gasteiger charge is 2.25. The maximum atomic E-state index is 12.6. The number of hydrogen-bond donors (Lipinski definition) is 2. The van der Waals surface area contributed by atoms with E-state index in [-0.39, 0.29) is 22.8 Å². The van der Waals surface area contributed by atoms with Crippen LogP contribution in [0.25, 0.3) is 0 Å². The first-order chi connectivity index (χ1) is 13.4. The standard InChI is InChI=1S/C20H24N2O6S/c1-11-18(13(3)23)12(2)22-19(11)20(25)14(4)28-17(24)10-7-15-5-8-16(9-6-15)29(21,26)27/h5-6,8-9,14,22H,7,10H2,1-4H3,(H2,21,26,27). The maximum Gasteiger partial charge on any atom is 0.306 e. The molecule has 0 saturated carbocycles. The molecular formula is C20H24N2O6S. The number of sulfonamides is 1. The van der Waals surface area contributed by atoms with Crippen molar-refractivity contribution in [3.63, 3.8) is 0 Å². The van der Waals surface area contributed by atoms with Crippen LogP contribution in [0.2, 0.25) is 0 Å². The van der Waals surface area contributed by atoms with Crippen LogP contribution in [0, 0.1) is 13.8 Å². The molecule has 1 aromatic heterocycles. The minimum atomic E-state index is -3.77. The second-order valence-electron chi connectivity index (χ2n) is 6.87. The lowest BCUT2D eigenvalue weighted by Crippen LogP contribution is -2.25. The Bertz CT molecular complexity index is 1050. The van der Waals surface area contributed by atoms with Gasteiger partial charge in [-0.15, -0.1) is 0 Å². The number of aromatic nitrogens is 1. The summed E-state index contributed by atoms with van der Waals surface area (Å²) in [7, 11) is -3.77. The number of ether oxygens (including phenoxy) is 1. The Balaban J connectivity index is 1.98. The molecule has 2 aromatic rings. The number of rotatable bonds is 8. The summed E-state index contributed by atoms with van der Waals surface area (Å²) in [6, 6.07) is 5.86. The Morgan fingerprint density at radius 1 is 1.14 bits per heavy atom. The van der Waals surface area contributed by atoms with Crippen molar-refractivity contribution in [2.45, 2.75) is 51.5 Å². The molecule has 156 valence electrons. The van der Waals surface area contributed by atoms with Gasteiger partial charge in [0.2, 0.25) is 15.8 Å². The van der Waals surface area contributed by atoms with Crippen molar-refractivity contribution in [2.75, 3.05) is 0 Å². The average Bonchev–Trinajstić information content (AvgIpc) is 2.93. The topological polar surface area (TPSA) is 136 Å². The monoisotopic (exact) mass is 420 g/mol. The fraction of sp³-hybridized carbons (Fsp3) is 0.350. The van der Waals surface area contributed by atoms with E-state index in [4.69, 9.17) is 9.88 Å². The molecule has 3 N–H and O–H groups in total. The maximum absolute atomic E-state index is 12.6. The van der Waals surface area contributed by atoms with Gasteiger partial charge in [0, 0.05) is 17.7 Å². The number of carbonyl (C=O) groups is 3. The molecule has 0 aliphatic heterocycles. The summed E-state index contributed by atoms with van der Waals surface area (Å²) in [5.74, 6) is -1.12. The molecule has 1 unspecified atom stereocenters. The molecule has 0 fully saturated rings. The van der Waals surface area contributed by atoms with Crippen LogP contribution in [-0.2, 0) is 26.0 Å². The third-order valence-corrected chi connectivity index (χ3v) is 5.51. The SMILES string of the molecule is CC(=O)c1c(C)[nH]c(C(=O)C(C)OC(=O)CCc2ccc(S(N)(=O)=O)cc2)c1C. The van der Waals surface area contributed by atoms with Gasteiger partial charge < -0.3 is 9.72 Å². The zero-order valence-corrected chi connectivity index (χ0v) is 17.6. The molecule has 1 heterocycles.